The third-order valence-corrected chi connectivity index (χ3v) is 9.58. The van der Waals surface area contributed by atoms with Crippen molar-refractivity contribution in [3.63, 3.8) is 0 Å². The zero-order valence-electron chi connectivity index (χ0n) is 35.6. The van der Waals surface area contributed by atoms with E-state index in [-0.39, 0.29) is 111 Å². The smallest absolute Gasteiger partial charge is 0.550 e. The Hall–Kier alpha value is -5.04. The Kier molecular flexibility index (Phi) is 24.3. The predicted octanol–water partition coefficient (Wildman–Crippen LogP) is 4.62. The van der Waals surface area contributed by atoms with E-state index in [1.165, 1.54) is 0 Å². The van der Waals surface area contributed by atoms with E-state index in [1.54, 1.807) is 27.7 Å². The zero-order valence-corrected chi connectivity index (χ0v) is 37.8. The molecule has 61 heavy (non-hydrogen) atoms. The average Bonchev–Trinajstić information content (AvgIpc) is 3.23. The Morgan fingerprint density at radius 2 is 0.803 bits per heavy atom. The van der Waals surface area contributed by atoms with Crippen LogP contribution in [-0.4, -0.2) is 98.7 Å². The second-order valence-corrected chi connectivity index (χ2v) is 14.6. The Morgan fingerprint density at radius 1 is 0.492 bits per heavy atom. The number of nitrogens with one attached hydrogen (secondary N) is 2. The van der Waals surface area contributed by atoms with Crippen LogP contribution in [0.4, 0.5) is 0 Å². The van der Waals surface area contributed by atoms with Crippen LogP contribution in [0.3, 0.4) is 0 Å². The third-order valence-electron chi connectivity index (χ3n) is 9.58. The Balaban J connectivity index is 0.000000413. The van der Waals surface area contributed by atoms with Crippen LogP contribution in [0.2, 0.25) is 0 Å². The zero-order chi connectivity index (χ0) is 43.9. The molecule has 4 aromatic carbocycles. The number of esters is 2. The van der Waals surface area contributed by atoms with E-state index in [0.717, 1.165) is 33.4 Å². The van der Waals surface area contributed by atoms with Gasteiger partial charge in [0.1, 0.15) is 0 Å². The molecule has 0 unspecified atom stereocenters. The molecule has 4 aromatic rings. The molecule has 0 aliphatic rings. The fourth-order valence-electron chi connectivity index (χ4n) is 6.53. The molecule has 12 nitrogen and oxygen atoms in total. The summed E-state index contributed by atoms with van der Waals surface area (Å²) in [6.45, 7) is 7.61. The first-order chi connectivity index (χ1) is 28.8. The molecule has 0 aliphatic heterocycles. The summed E-state index contributed by atoms with van der Waals surface area (Å²) in [5.41, 5.74) is 6.44. The third kappa shape index (κ3) is 20.4. The van der Waals surface area contributed by atoms with Gasteiger partial charge >= 0.3 is 49.7 Å². The molecule has 0 saturated heterocycles. The van der Waals surface area contributed by atoms with Gasteiger partial charge in [-0.1, -0.05) is 123 Å². The summed E-state index contributed by atoms with van der Waals surface area (Å²) < 4.78 is 10.1. The summed E-state index contributed by atoms with van der Waals surface area (Å²) in [6, 6.07) is 35.5. The quantitative estimate of drug-likeness (QED) is 0.0833. The number of carboxylic acids is 2. The maximum Gasteiger partial charge on any atom is 2.00 e. The second-order valence-electron chi connectivity index (χ2n) is 14.6. The van der Waals surface area contributed by atoms with Crippen molar-refractivity contribution < 1.29 is 48.5 Å². The maximum absolute atomic E-state index is 12.1. The molecular weight excluding hydrogens is 805 g/mol. The van der Waals surface area contributed by atoms with Gasteiger partial charge in [-0.15, -0.1) is 0 Å². The minimum absolute atomic E-state index is 0. The number of carbonyl (C=O) groups is 6. The molecule has 0 fully saturated rings. The number of hydrogen-bond donors (Lipinski definition) is 2. The second kappa shape index (κ2) is 28.5. The number of hydrogen-bond acceptors (Lipinski definition) is 10. The number of rotatable bonds is 22. The van der Waals surface area contributed by atoms with Crippen molar-refractivity contribution in [3.05, 3.63) is 120 Å². The van der Waals surface area contributed by atoms with Crippen LogP contribution < -0.4 is 20.8 Å². The monoisotopic (exact) mass is 860 g/mol. The minimum atomic E-state index is -1.27. The Bertz CT molecular complexity index is 1820. The molecule has 0 saturated carbocycles. The van der Waals surface area contributed by atoms with Gasteiger partial charge in [0.2, 0.25) is 11.8 Å². The van der Waals surface area contributed by atoms with Gasteiger partial charge in [-0.25, -0.2) is 0 Å². The molecule has 4 atom stereocenters. The van der Waals surface area contributed by atoms with Crippen molar-refractivity contribution in [2.45, 2.75) is 91.1 Å². The van der Waals surface area contributed by atoms with Crippen LogP contribution in [0.15, 0.2) is 109 Å². The molecule has 0 aliphatic carbocycles. The van der Waals surface area contributed by atoms with Crippen molar-refractivity contribution in [1.82, 2.24) is 10.6 Å². The summed E-state index contributed by atoms with van der Waals surface area (Å²) in [5, 5.41) is 26.9. The van der Waals surface area contributed by atoms with Gasteiger partial charge in [0.05, 0.1) is 25.0 Å². The number of amides is 2. The molecule has 0 spiro atoms. The van der Waals surface area contributed by atoms with E-state index in [0.29, 0.717) is 38.9 Å². The minimum Gasteiger partial charge on any atom is -0.550 e. The molecule has 2 N–H and O–H groups in total. The normalized spacial score (nSPS) is 12.4. The Labute approximate surface area is 388 Å². The van der Waals surface area contributed by atoms with Crippen LogP contribution in [0.5, 0.6) is 0 Å². The van der Waals surface area contributed by atoms with Gasteiger partial charge in [0, 0.05) is 36.9 Å². The van der Waals surface area contributed by atoms with Gasteiger partial charge in [-0.3, -0.25) is 19.2 Å². The van der Waals surface area contributed by atoms with Gasteiger partial charge in [-0.05, 0) is 85.8 Å². The van der Waals surface area contributed by atoms with Crippen LogP contribution >= 0.6 is 0 Å². The van der Waals surface area contributed by atoms with Gasteiger partial charge in [-0.2, -0.15) is 0 Å². The van der Waals surface area contributed by atoms with Gasteiger partial charge in [0.15, 0.2) is 0 Å². The van der Waals surface area contributed by atoms with Gasteiger partial charge in [0.25, 0.3) is 0 Å². The molecule has 0 bridgehead atoms. The first-order valence-corrected chi connectivity index (χ1v) is 20.4. The van der Waals surface area contributed by atoms with E-state index in [9.17, 15) is 39.0 Å². The molecule has 2 amide bonds. The molecule has 13 heteroatoms. The largest absolute Gasteiger partial charge is 2.00 e. The van der Waals surface area contributed by atoms with Crippen molar-refractivity contribution >= 4 is 73.4 Å². The van der Waals surface area contributed by atoms with E-state index >= 15 is 0 Å². The van der Waals surface area contributed by atoms with E-state index in [1.807, 2.05) is 109 Å². The fourth-order valence-corrected chi connectivity index (χ4v) is 6.53. The molecule has 4 rings (SSSR count). The number of carboxylic acid groups (broad SMARTS) is 2. The Morgan fingerprint density at radius 3 is 1.10 bits per heavy atom. The van der Waals surface area contributed by atoms with E-state index in [4.69, 9.17) is 9.47 Å². The predicted molar refractivity (Wildman–Crippen MR) is 230 cm³/mol. The standard InChI is InChI=1S/2C24H29NO5.Ca/c2*1-3-30-24(29)17(2)15-21(25-22(26)13-14-23(27)28)16-18-9-11-20(12-10-18)19-7-5-4-6-8-19;/h2*4-12,17,21H,3,13-16H2,1-2H3,(H,25,26)(H,27,28);/q;;+2/p-2/t2*17-,21-;/m00./s1. The molecule has 320 valence electrons. The van der Waals surface area contributed by atoms with Gasteiger partial charge < -0.3 is 39.9 Å². The molecule has 0 aromatic heterocycles. The van der Waals surface area contributed by atoms with E-state index < -0.39 is 11.9 Å². The summed E-state index contributed by atoms with van der Waals surface area (Å²) in [5.74, 6) is -4.68. The summed E-state index contributed by atoms with van der Waals surface area (Å²) in [4.78, 5) is 69.5. The summed E-state index contributed by atoms with van der Waals surface area (Å²) >= 11 is 0. The first kappa shape index (κ1) is 52.1. The summed E-state index contributed by atoms with van der Waals surface area (Å²) in [6.07, 6.45) is 0.868. The topological polar surface area (TPSA) is 191 Å². The molecular formula is C48H56CaN2O10. The van der Waals surface area contributed by atoms with E-state index in [2.05, 4.69) is 10.6 Å². The SMILES string of the molecule is CCOC(=O)[C@@H](C)C[C@@H](Cc1ccc(-c2ccccc2)cc1)NC(=O)CCC(=O)[O-].CCOC(=O)[C@@H](C)C[C@@H](Cc1ccc(-c2ccccc2)cc1)NC(=O)CCC(=O)[O-].[Ca+2]. The number of aliphatic carboxylic acids is 2. The number of ether oxygens (including phenoxy) is 2. The average molecular weight is 861 g/mol. The van der Waals surface area contributed by atoms with Crippen LogP contribution in [-0.2, 0) is 51.1 Å². The first-order valence-electron chi connectivity index (χ1n) is 20.4. The number of carbonyl (C=O) groups excluding carboxylic acids is 6. The van der Waals surface area contributed by atoms with Crippen molar-refractivity contribution in [2.75, 3.05) is 13.2 Å². The van der Waals surface area contributed by atoms with Crippen LogP contribution in [0.1, 0.15) is 77.3 Å². The van der Waals surface area contributed by atoms with Crippen LogP contribution in [0.25, 0.3) is 22.3 Å². The van der Waals surface area contributed by atoms with Crippen LogP contribution in [0, 0.1) is 11.8 Å². The van der Waals surface area contributed by atoms with Crippen molar-refractivity contribution in [2.24, 2.45) is 11.8 Å². The maximum atomic E-state index is 12.1. The number of benzene rings is 4. The molecule has 0 heterocycles. The summed E-state index contributed by atoms with van der Waals surface area (Å²) in [7, 11) is 0. The van der Waals surface area contributed by atoms with Crippen molar-refractivity contribution in [3.8, 4) is 22.3 Å². The molecule has 0 radical (unpaired) electrons. The fraction of sp³-hybridized carbons (Fsp3) is 0.375. The van der Waals surface area contributed by atoms with Crippen molar-refractivity contribution in [1.29, 1.82) is 0 Å².